The van der Waals surface area contributed by atoms with Crippen LogP contribution in [-0.2, 0) is 13.6 Å². The van der Waals surface area contributed by atoms with Crippen molar-refractivity contribution in [3.05, 3.63) is 0 Å². The first-order valence-corrected chi connectivity index (χ1v) is 7.67. The van der Waals surface area contributed by atoms with Gasteiger partial charge in [-0.15, -0.1) is 0 Å². The lowest BCUT2D eigenvalue weighted by atomic mass is 10.2. The maximum absolute atomic E-state index is 11.4. The van der Waals surface area contributed by atoms with Crippen LogP contribution in [0.2, 0.25) is 0 Å². The lowest BCUT2D eigenvalue weighted by Crippen LogP contribution is -2.39. The standard InChI is InChI=1S/C11H26NO4P/c1-6-8-15-17(13,14)16-9-7-12(10(2)3)11(4)5/h10-11H,6-9H2,1-5H3,(H,13,14). The Kier molecular flexibility index (Phi) is 8.25. The Bertz CT molecular complexity index is 238. The van der Waals surface area contributed by atoms with Crippen molar-refractivity contribution in [3.63, 3.8) is 0 Å². The third kappa shape index (κ3) is 7.90. The van der Waals surface area contributed by atoms with Gasteiger partial charge in [-0.2, -0.15) is 0 Å². The molecular formula is C11H26NO4P. The van der Waals surface area contributed by atoms with Crippen LogP contribution in [0.25, 0.3) is 0 Å². The molecule has 0 aliphatic carbocycles. The van der Waals surface area contributed by atoms with Crippen LogP contribution in [0.3, 0.4) is 0 Å². The summed E-state index contributed by atoms with van der Waals surface area (Å²) in [6.45, 7) is 11.3. The third-order valence-corrected chi connectivity index (χ3v) is 3.41. The van der Waals surface area contributed by atoms with Gasteiger partial charge in [0.1, 0.15) is 0 Å². The summed E-state index contributed by atoms with van der Waals surface area (Å²) < 4.78 is 21.0. The first-order valence-electron chi connectivity index (χ1n) is 6.17. The van der Waals surface area contributed by atoms with Crippen LogP contribution in [0.5, 0.6) is 0 Å². The second-order valence-electron chi connectivity index (χ2n) is 4.56. The van der Waals surface area contributed by atoms with Gasteiger partial charge < -0.3 is 4.89 Å². The van der Waals surface area contributed by atoms with Gasteiger partial charge in [0, 0.05) is 18.6 Å². The van der Waals surface area contributed by atoms with E-state index in [0.29, 0.717) is 25.0 Å². The maximum Gasteiger partial charge on any atom is 0.472 e. The predicted molar refractivity (Wildman–Crippen MR) is 69.0 cm³/mol. The molecule has 6 heteroatoms. The van der Waals surface area contributed by atoms with E-state index in [-0.39, 0.29) is 13.2 Å². The van der Waals surface area contributed by atoms with Crippen molar-refractivity contribution in [1.82, 2.24) is 4.90 Å². The minimum Gasteiger partial charge on any atom is -0.302 e. The molecule has 1 N–H and O–H groups in total. The van der Waals surface area contributed by atoms with Gasteiger partial charge in [-0.3, -0.25) is 13.9 Å². The molecule has 0 aliphatic rings. The van der Waals surface area contributed by atoms with E-state index in [1.54, 1.807) is 0 Å². The monoisotopic (exact) mass is 267 g/mol. The molecule has 104 valence electrons. The predicted octanol–water partition coefficient (Wildman–Crippen LogP) is 2.65. The van der Waals surface area contributed by atoms with Crippen molar-refractivity contribution in [3.8, 4) is 0 Å². The Hall–Kier alpha value is 0.0700. The zero-order chi connectivity index (χ0) is 13.5. The smallest absolute Gasteiger partial charge is 0.302 e. The summed E-state index contributed by atoms with van der Waals surface area (Å²) in [6, 6.07) is 0.765. The SMILES string of the molecule is CCCOP(=O)(O)OCCN(C(C)C)C(C)C. The van der Waals surface area contributed by atoms with Gasteiger partial charge in [-0.1, -0.05) is 6.92 Å². The van der Waals surface area contributed by atoms with Crippen LogP contribution in [0.1, 0.15) is 41.0 Å². The molecule has 0 aromatic carbocycles. The Morgan fingerprint density at radius 3 is 2.00 bits per heavy atom. The first kappa shape index (κ1) is 17.1. The fourth-order valence-electron chi connectivity index (χ4n) is 1.62. The molecule has 0 spiro atoms. The summed E-state index contributed by atoms with van der Waals surface area (Å²) in [7, 11) is -3.85. The summed E-state index contributed by atoms with van der Waals surface area (Å²) >= 11 is 0. The van der Waals surface area contributed by atoms with E-state index in [9.17, 15) is 9.46 Å². The molecule has 0 aliphatic heterocycles. The summed E-state index contributed by atoms with van der Waals surface area (Å²) in [4.78, 5) is 11.5. The van der Waals surface area contributed by atoms with Crippen LogP contribution in [0.4, 0.5) is 0 Å². The molecule has 1 atom stereocenters. The highest BCUT2D eigenvalue weighted by molar-refractivity contribution is 7.47. The van der Waals surface area contributed by atoms with Crippen molar-refractivity contribution in [1.29, 1.82) is 0 Å². The summed E-state index contributed by atoms with van der Waals surface area (Å²) in [5, 5.41) is 0. The van der Waals surface area contributed by atoms with Crippen molar-refractivity contribution >= 4 is 7.82 Å². The van der Waals surface area contributed by atoms with Crippen molar-refractivity contribution in [2.75, 3.05) is 19.8 Å². The quantitative estimate of drug-likeness (QED) is 0.651. The molecule has 0 aromatic rings. The number of phosphoric acid groups is 1. The van der Waals surface area contributed by atoms with Gasteiger partial charge >= 0.3 is 7.82 Å². The molecular weight excluding hydrogens is 241 g/mol. The van der Waals surface area contributed by atoms with Crippen molar-refractivity contribution < 1.29 is 18.5 Å². The average Bonchev–Trinajstić information content (AvgIpc) is 2.20. The maximum atomic E-state index is 11.4. The summed E-state index contributed by atoms with van der Waals surface area (Å²) in [5.74, 6) is 0. The highest BCUT2D eigenvalue weighted by atomic mass is 31.2. The van der Waals surface area contributed by atoms with E-state index in [0.717, 1.165) is 0 Å². The zero-order valence-corrected chi connectivity index (χ0v) is 12.4. The fraction of sp³-hybridized carbons (Fsp3) is 1.00. The molecule has 17 heavy (non-hydrogen) atoms. The molecule has 0 amide bonds. The summed E-state index contributed by atoms with van der Waals surface area (Å²) in [6.07, 6.45) is 0.692. The van der Waals surface area contributed by atoms with Crippen LogP contribution in [-0.4, -0.2) is 41.6 Å². The highest BCUT2D eigenvalue weighted by Gasteiger charge is 2.21. The van der Waals surface area contributed by atoms with Crippen molar-refractivity contribution in [2.45, 2.75) is 53.1 Å². The van der Waals surface area contributed by atoms with Crippen molar-refractivity contribution in [2.24, 2.45) is 0 Å². The van der Waals surface area contributed by atoms with Gasteiger partial charge in [-0.05, 0) is 34.1 Å². The van der Waals surface area contributed by atoms with Crippen LogP contribution < -0.4 is 0 Å². The average molecular weight is 267 g/mol. The largest absolute Gasteiger partial charge is 0.472 e. The van der Waals surface area contributed by atoms with Gasteiger partial charge in [0.15, 0.2) is 0 Å². The van der Waals surface area contributed by atoms with Gasteiger partial charge in [0.2, 0.25) is 0 Å². The van der Waals surface area contributed by atoms with Gasteiger partial charge in [0.05, 0.1) is 13.2 Å². The van der Waals surface area contributed by atoms with Gasteiger partial charge in [-0.25, -0.2) is 4.57 Å². The van der Waals surface area contributed by atoms with E-state index < -0.39 is 7.82 Å². The number of nitrogens with zero attached hydrogens (tertiary/aromatic N) is 1. The number of hydrogen-bond acceptors (Lipinski definition) is 4. The molecule has 0 aromatic heterocycles. The van der Waals surface area contributed by atoms with Gasteiger partial charge in [0.25, 0.3) is 0 Å². The van der Waals surface area contributed by atoms with E-state index in [1.165, 1.54) is 0 Å². The minimum atomic E-state index is -3.85. The number of rotatable bonds is 9. The van der Waals surface area contributed by atoms with E-state index >= 15 is 0 Å². The van der Waals surface area contributed by atoms with Crippen LogP contribution in [0.15, 0.2) is 0 Å². The first-order chi connectivity index (χ1) is 7.80. The second-order valence-corrected chi connectivity index (χ2v) is 6.01. The summed E-state index contributed by atoms with van der Waals surface area (Å²) in [5.41, 5.74) is 0. The molecule has 0 rings (SSSR count). The molecule has 5 nitrogen and oxygen atoms in total. The Morgan fingerprint density at radius 1 is 1.12 bits per heavy atom. The molecule has 0 saturated carbocycles. The lowest BCUT2D eigenvalue weighted by Gasteiger charge is -2.30. The molecule has 0 heterocycles. The van der Waals surface area contributed by atoms with E-state index in [2.05, 4.69) is 32.6 Å². The fourth-order valence-corrected chi connectivity index (χ4v) is 2.42. The molecule has 0 fully saturated rings. The lowest BCUT2D eigenvalue weighted by molar-refractivity contribution is 0.107. The van der Waals surface area contributed by atoms with Crippen LogP contribution >= 0.6 is 7.82 Å². The third-order valence-electron chi connectivity index (χ3n) is 2.39. The van der Waals surface area contributed by atoms with E-state index in [4.69, 9.17) is 9.05 Å². The molecule has 0 saturated heterocycles. The Balaban J connectivity index is 3.99. The topological polar surface area (TPSA) is 59.0 Å². The number of hydrogen-bond donors (Lipinski definition) is 1. The second kappa shape index (κ2) is 8.22. The molecule has 0 radical (unpaired) electrons. The highest BCUT2D eigenvalue weighted by Crippen LogP contribution is 2.42. The Morgan fingerprint density at radius 2 is 1.59 bits per heavy atom. The molecule has 0 bridgehead atoms. The Labute approximate surface area is 105 Å². The van der Waals surface area contributed by atoms with E-state index in [1.807, 2.05) is 6.92 Å². The minimum absolute atomic E-state index is 0.202. The number of phosphoric ester groups is 1. The normalized spacial score (nSPS) is 15.8. The molecule has 1 unspecified atom stereocenters. The van der Waals surface area contributed by atoms with Crippen LogP contribution in [0, 0.1) is 0 Å². The zero-order valence-electron chi connectivity index (χ0n) is 11.5.